The monoisotopic (exact) mass is 220 g/mol. The second kappa shape index (κ2) is 4.56. The highest BCUT2D eigenvalue weighted by atomic mass is 16.1. The Labute approximate surface area is 97.0 Å². The van der Waals surface area contributed by atoms with Gasteiger partial charge >= 0.3 is 0 Å². The normalized spacial score (nSPS) is 13.2. The first-order chi connectivity index (χ1) is 7.30. The molecule has 1 atom stereocenters. The van der Waals surface area contributed by atoms with Gasteiger partial charge in [-0.3, -0.25) is 4.79 Å². The zero-order valence-electron chi connectivity index (χ0n) is 10.4. The van der Waals surface area contributed by atoms with Crippen LogP contribution in [-0.2, 0) is 0 Å². The first-order valence-electron chi connectivity index (χ1n) is 5.47. The standard InChI is InChI=1S/C13H20N2O/c1-9(13(2,3)4)15-12(16)10-6-5-7-11(14)8-10/h5-9H,14H2,1-4H3,(H,15,16). The quantitative estimate of drug-likeness (QED) is 0.752. The SMILES string of the molecule is CC(NC(=O)c1cccc(N)c1)C(C)(C)C. The minimum absolute atomic E-state index is 0.0516. The molecule has 0 fully saturated rings. The molecule has 16 heavy (non-hydrogen) atoms. The fourth-order valence-corrected chi connectivity index (χ4v) is 1.18. The van der Waals surface area contributed by atoms with Crippen molar-refractivity contribution in [2.24, 2.45) is 5.41 Å². The van der Waals surface area contributed by atoms with Crippen molar-refractivity contribution in [3.05, 3.63) is 29.8 Å². The Bertz CT molecular complexity index is 380. The van der Waals surface area contributed by atoms with Crippen LogP contribution in [0.1, 0.15) is 38.1 Å². The topological polar surface area (TPSA) is 55.1 Å². The lowest BCUT2D eigenvalue weighted by molar-refractivity contribution is 0.0910. The molecule has 0 spiro atoms. The van der Waals surface area contributed by atoms with E-state index in [4.69, 9.17) is 5.73 Å². The van der Waals surface area contributed by atoms with Crippen molar-refractivity contribution in [1.29, 1.82) is 0 Å². The third kappa shape index (κ3) is 3.26. The molecule has 0 aromatic heterocycles. The molecule has 0 saturated heterocycles. The Kier molecular flexibility index (Phi) is 3.58. The lowest BCUT2D eigenvalue weighted by Crippen LogP contribution is -2.41. The van der Waals surface area contributed by atoms with Gasteiger partial charge in [0.25, 0.3) is 5.91 Å². The van der Waals surface area contributed by atoms with Gasteiger partial charge in [0.05, 0.1) is 0 Å². The van der Waals surface area contributed by atoms with Gasteiger partial charge in [0.2, 0.25) is 0 Å². The minimum Gasteiger partial charge on any atom is -0.399 e. The summed E-state index contributed by atoms with van der Waals surface area (Å²) in [4.78, 5) is 11.9. The van der Waals surface area contributed by atoms with Crippen LogP contribution in [0.4, 0.5) is 5.69 Å². The lowest BCUT2D eigenvalue weighted by Gasteiger charge is -2.28. The molecule has 1 unspecified atom stereocenters. The van der Waals surface area contributed by atoms with Gasteiger partial charge in [0.15, 0.2) is 0 Å². The molecule has 0 saturated carbocycles. The van der Waals surface area contributed by atoms with Gasteiger partial charge in [-0.25, -0.2) is 0 Å². The molecule has 0 bridgehead atoms. The fraction of sp³-hybridized carbons (Fsp3) is 0.462. The van der Waals surface area contributed by atoms with Gasteiger partial charge in [-0.2, -0.15) is 0 Å². The number of nitrogens with two attached hydrogens (primary N) is 1. The molecule has 88 valence electrons. The second-order valence-corrected chi connectivity index (χ2v) is 5.19. The van der Waals surface area contributed by atoms with Crippen LogP contribution in [0.5, 0.6) is 0 Å². The van der Waals surface area contributed by atoms with E-state index in [2.05, 4.69) is 26.1 Å². The van der Waals surface area contributed by atoms with Crippen LogP contribution in [0.25, 0.3) is 0 Å². The fourth-order valence-electron chi connectivity index (χ4n) is 1.18. The van der Waals surface area contributed by atoms with Crippen LogP contribution in [0.15, 0.2) is 24.3 Å². The van der Waals surface area contributed by atoms with Crippen LogP contribution in [0.3, 0.4) is 0 Å². The van der Waals surface area contributed by atoms with Crippen LogP contribution in [-0.4, -0.2) is 11.9 Å². The van der Waals surface area contributed by atoms with E-state index in [0.29, 0.717) is 11.3 Å². The molecule has 1 rings (SSSR count). The number of anilines is 1. The Morgan fingerprint density at radius 2 is 2.00 bits per heavy atom. The summed E-state index contributed by atoms with van der Waals surface area (Å²) in [7, 11) is 0. The molecule has 1 aromatic carbocycles. The molecule has 0 aliphatic heterocycles. The number of rotatable bonds is 2. The van der Waals surface area contributed by atoms with Crippen LogP contribution >= 0.6 is 0 Å². The van der Waals surface area contributed by atoms with Crippen molar-refractivity contribution in [1.82, 2.24) is 5.32 Å². The van der Waals surface area contributed by atoms with E-state index < -0.39 is 0 Å². The Morgan fingerprint density at radius 1 is 1.38 bits per heavy atom. The average Bonchev–Trinajstić information content (AvgIpc) is 2.16. The summed E-state index contributed by atoms with van der Waals surface area (Å²) in [5, 5.41) is 2.97. The Morgan fingerprint density at radius 3 is 2.50 bits per heavy atom. The van der Waals surface area contributed by atoms with E-state index in [1.54, 1.807) is 24.3 Å². The summed E-state index contributed by atoms with van der Waals surface area (Å²) < 4.78 is 0. The Balaban J connectivity index is 2.74. The molecule has 3 N–H and O–H groups in total. The summed E-state index contributed by atoms with van der Waals surface area (Å²) in [5.74, 6) is -0.0743. The second-order valence-electron chi connectivity index (χ2n) is 5.19. The molecule has 1 aromatic rings. The minimum atomic E-state index is -0.0743. The summed E-state index contributed by atoms with van der Waals surface area (Å²) >= 11 is 0. The molecule has 3 heteroatoms. The van der Waals surface area contributed by atoms with E-state index in [0.717, 1.165) is 0 Å². The number of nitrogen functional groups attached to an aromatic ring is 1. The van der Waals surface area contributed by atoms with Crippen molar-refractivity contribution < 1.29 is 4.79 Å². The number of carbonyl (C=O) groups is 1. The highest BCUT2D eigenvalue weighted by molar-refractivity contribution is 5.95. The van der Waals surface area contributed by atoms with Crippen molar-refractivity contribution in [3.8, 4) is 0 Å². The van der Waals surface area contributed by atoms with Crippen LogP contribution in [0.2, 0.25) is 0 Å². The van der Waals surface area contributed by atoms with E-state index in [1.807, 2.05) is 6.92 Å². The zero-order chi connectivity index (χ0) is 12.3. The number of hydrogen-bond donors (Lipinski definition) is 2. The zero-order valence-corrected chi connectivity index (χ0v) is 10.4. The lowest BCUT2D eigenvalue weighted by atomic mass is 9.88. The van der Waals surface area contributed by atoms with E-state index >= 15 is 0 Å². The molecule has 3 nitrogen and oxygen atoms in total. The van der Waals surface area contributed by atoms with Gasteiger partial charge in [-0.1, -0.05) is 26.8 Å². The van der Waals surface area contributed by atoms with E-state index in [1.165, 1.54) is 0 Å². The van der Waals surface area contributed by atoms with Crippen molar-refractivity contribution >= 4 is 11.6 Å². The first-order valence-corrected chi connectivity index (χ1v) is 5.47. The number of benzene rings is 1. The predicted molar refractivity (Wildman–Crippen MR) is 67.2 cm³/mol. The van der Waals surface area contributed by atoms with Gasteiger partial charge in [0, 0.05) is 17.3 Å². The maximum atomic E-state index is 11.9. The average molecular weight is 220 g/mol. The number of hydrogen-bond acceptors (Lipinski definition) is 2. The molecule has 0 heterocycles. The van der Waals surface area contributed by atoms with Crippen LogP contribution in [0, 0.1) is 5.41 Å². The molecule has 0 aliphatic rings. The predicted octanol–water partition coefficient (Wildman–Crippen LogP) is 2.43. The first kappa shape index (κ1) is 12.6. The largest absolute Gasteiger partial charge is 0.399 e. The van der Waals surface area contributed by atoms with Gasteiger partial charge in [-0.15, -0.1) is 0 Å². The van der Waals surface area contributed by atoms with Gasteiger partial charge < -0.3 is 11.1 Å². The highest BCUT2D eigenvalue weighted by Crippen LogP contribution is 2.19. The number of nitrogens with one attached hydrogen (secondary N) is 1. The summed E-state index contributed by atoms with van der Waals surface area (Å²) in [6, 6.07) is 7.11. The number of carbonyl (C=O) groups excluding carboxylic acids is 1. The third-order valence-corrected chi connectivity index (χ3v) is 2.80. The molecule has 1 amide bonds. The molecular weight excluding hydrogens is 200 g/mol. The third-order valence-electron chi connectivity index (χ3n) is 2.80. The maximum absolute atomic E-state index is 11.9. The number of amides is 1. The highest BCUT2D eigenvalue weighted by Gasteiger charge is 2.21. The van der Waals surface area contributed by atoms with E-state index in [-0.39, 0.29) is 17.4 Å². The van der Waals surface area contributed by atoms with Crippen molar-refractivity contribution in [3.63, 3.8) is 0 Å². The van der Waals surface area contributed by atoms with Crippen molar-refractivity contribution in [2.45, 2.75) is 33.7 Å². The maximum Gasteiger partial charge on any atom is 0.251 e. The summed E-state index contributed by atoms with van der Waals surface area (Å²) in [5.41, 5.74) is 6.90. The summed E-state index contributed by atoms with van der Waals surface area (Å²) in [6.07, 6.45) is 0. The van der Waals surface area contributed by atoms with Gasteiger partial charge in [0.1, 0.15) is 0 Å². The molecular formula is C13H20N2O. The van der Waals surface area contributed by atoms with Gasteiger partial charge in [-0.05, 0) is 30.5 Å². The molecule has 0 radical (unpaired) electrons. The summed E-state index contributed by atoms with van der Waals surface area (Å²) in [6.45, 7) is 8.29. The Hall–Kier alpha value is -1.51. The molecule has 0 aliphatic carbocycles. The van der Waals surface area contributed by atoms with Crippen LogP contribution < -0.4 is 11.1 Å². The smallest absolute Gasteiger partial charge is 0.251 e. The van der Waals surface area contributed by atoms with E-state index in [9.17, 15) is 4.79 Å². The van der Waals surface area contributed by atoms with Crippen molar-refractivity contribution in [2.75, 3.05) is 5.73 Å².